The maximum absolute atomic E-state index is 5.83. The summed E-state index contributed by atoms with van der Waals surface area (Å²) in [6.45, 7) is 2.93. The minimum absolute atomic E-state index is 0.261. The molecule has 0 saturated carbocycles. The molecule has 2 heterocycles. The number of imidazole rings is 1. The van der Waals surface area contributed by atoms with Gasteiger partial charge in [0.25, 0.3) is 0 Å². The van der Waals surface area contributed by atoms with Gasteiger partial charge in [-0.1, -0.05) is 6.92 Å². The molecule has 1 unspecified atom stereocenters. The third-order valence-corrected chi connectivity index (χ3v) is 3.48. The molecule has 0 aliphatic heterocycles. The third-order valence-electron chi connectivity index (χ3n) is 2.55. The summed E-state index contributed by atoms with van der Waals surface area (Å²) in [6, 6.07) is 2.20. The van der Waals surface area contributed by atoms with Crippen LogP contribution in [0, 0.1) is 0 Å². The largest absolute Gasteiger partial charge is 0.398 e. The first kappa shape index (κ1) is 11.2. The molecule has 0 spiro atoms. The second-order valence-electron chi connectivity index (χ2n) is 3.62. The molecule has 1 atom stereocenters. The number of aromatic amines is 1. The molecule has 2 rings (SSSR count). The van der Waals surface area contributed by atoms with E-state index >= 15 is 0 Å². The van der Waals surface area contributed by atoms with E-state index in [4.69, 9.17) is 5.73 Å². The second-order valence-corrected chi connectivity index (χ2v) is 4.62. The molecule has 0 radical (unpaired) electrons. The van der Waals surface area contributed by atoms with Crippen molar-refractivity contribution >= 4 is 17.0 Å². The molecule has 86 valence electrons. The van der Waals surface area contributed by atoms with Crippen LogP contribution in [0.3, 0.4) is 0 Å². The van der Waals surface area contributed by atoms with Gasteiger partial charge in [-0.3, -0.25) is 0 Å². The van der Waals surface area contributed by atoms with Gasteiger partial charge >= 0.3 is 0 Å². The van der Waals surface area contributed by atoms with Crippen molar-refractivity contribution in [3.05, 3.63) is 34.5 Å². The number of nitrogens with one attached hydrogen (secondary N) is 2. The van der Waals surface area contributed by atoms with Crippen molar-refractivity contribution in [1.82, 2.24) is 15.3 Å². The van der Waals surface area contributed by atoms with Crippen molar-refractivity contribution in [3.8, 4) is 0 Å². The van der Waals surface area contributed by atoms with E-state index in [0.29, 0.717) is 0 Å². The maximum atomic E-state index is 5.83. The summed E-state index contributed by atoms with van der Waals surface area (Å²) in [6.07, 6.45) is 4.62. The van der Waals surface area contributed by atoms with Crippen LogP contribution in [-0.2, 0) is 6.54 Å². The Morgan fingerprint density at radius 1 is 1.62 bits per heavy atom. The van der Waals surface area contributed by atoms with Gasteiger partial charge in [0.1, 0.15) is 5.82 Å². The monoisotopic (exact) mass is 236 g/mol. The van der Waals surface area contributed by atoms with Gasteiger partial charge in [-0.2, -0.15) is 0 Å². The predicted octanol–water partition coefficient (Wildman–Crippen LogP) is 2.29. The smallest absolute Gasteiger partial charge is 0.123 e. The van der Waals surface area contributed by atoms with Crippen LogP contribution in [0.25, 0.3) is 0 Å². The standard InChI is InChI=1S/C11H16N4S/c1-2-9(11-13-4-5-14-11)15-7-10-8(12)3-6-16-10/h3-6,9,15H,2,7,12H2,1H3,(H,13,14). The Kier molecular flexibility index (Phi) is 3.58. The number of hydrogen-bond donors (Lipinski definition) is 3. The summed E-state index contributed by atoms with van der Waals surface area (Å²) < 4.78 is 0. The number of rotatable bonds is 5. The molecule has 16 heavy (non-hydrogen) atoms. The lowest BCUT2D eigenvalue weighted by molar-refractivity contribution is 0.501. The Bertz CT molecular complexity index is 421. The highest BCUT2D eigenvalue weighted by Gasteiger charge is 2.11. The molecular weight excluding hydrogens is 220 g/mol. The second kappa shape index (κ2) is 5.14. The first-order chi connectivity index (χ1) is 7.81. The number of nitrogens with zero attached hydrogens (tertiary/aromatic N) is 1. The van der Waals surface area contributed by atoms with Gasteiger partial charge in [-0.15, -0.1) is 11.3 Å². The molecule has 0 aliphatic rings. The zero-order valence-corrected chi connectivity index (χ0v) is 10.1. The quantitative estimate of drug-likeness (QED) is 0.746. The molecule has 0 saturated heterocycles. The molecule has 0 bridgehead atoms. The average Bonchev–Trinajstić information content (AvgIpc) is 2.92. The van der Waals surface area contributed by atoms with Crippen molar-refractivity contribution in [3.63, 3.8) is 0 Å². The van der Waals surface area contributed by atoms with E-state index in [1.807, 2.05) is 17.6 Å². The molecule has 0 amide bonds. The van der Waals surface area contributed by atoms with Crippen LogP contribution >= 0.6 is 11.3 Å². The fourth-order valence-corrected chi connectivity index (χ4v) is 2.36. The molecule has 0 aromatic carbocycles. The van der Waals surface area contributed by atoms with Crippen molar-refractivity contribution in [2.75, 3.05) is 5.73 Å². The van der Waals surface area contributed by atoms with Crippen LogP contribution in [0.4, 0.5) is 5.69 Å². The zero-order valence-electron chi connectivity index (χ0n) is 9.23. The van der Waals surface area contributed by atoms with Gasteiger partial charge in [-0.25, -0.2) is 4.98 Å². The van der Waals surface area contributed by atoms with Crippen LogP contribution in [0.5, 0.6) is 0 Å². The van der Waals surface area contributed by atoms with Crippen LogP contribution in [-0.4, -0.2) is 9.97 Å². The summed E-state index contributed by atoms with van der Waals surface area (Å²) >= 11 is 1.68. The van der Waals surface area contributed by atoms with E-state index in [-0.39, 0.29) is 6.04 Å². The summed E-state index contributed by atoms with van der Waals surface area (Å²) in [5, 5.41) is 5.47. The van der Waals surface area contributed by atoms with Gasteiger partial charge in [0.15, 0.2) is 0 Å². The highest BCUT2D eigenvalue weighted by atomic mass is 32.1. The highest BCUT2D eigenvalue weighted by Crippen LogP contribution is 2.20. The zero-order chi connectivity index (χ0) is 11.4. The van der Waals surface area contributed by atoms with Crippen molar-refractivity contribution in [1.29, 1.82) is 0 Å². The van der Waals surface area contributed by atoms with Crippen molar-refractivity contribution in [2.45, 2.75) is 25.9 Å². The highest BCUT2D eigenvalue weighted by molar-refractivity contribution is 7.10. The summed E-state index contributed by atoms with van der Waals surface area (Å²) in [7, 11) is 0. The van der Waals surface area contributed by atoms with E-state index in [0.717, 1.165) is 24.5 Å². The summed E-state index contributed by atoms with van der Waals surface area (Å²) in [5.41, 5.74) is 6.70. The van der Waals surface area contributed by atoms with Gasteiger partial charge in [-0.05, 0) is 17.9 Å². The van der Waals surface area contributed by atoms with Crippen molar-refractivity contribution < 1.29 is 0 Å². The lowest BCUT2D eigenvalue weighted by Crippen LogP contribution is -2.21. The molecule has 4 nitrogen and oxygen atoms in total. The molecule has 5 heteroatoms. The Balaban J connectivity index is 1.96. The topological polar surface area (TPSA) is 66.7 Å². The lowest BCUT2D eigenvalue weighted by Gasteiger charge is -2.14. The minimum Gasteiger partial charge on any atom is -0.398 e. The number of thiophene rings is 1. The van der Waals surface area contributed by atoms with E-state index in [1.54, 1.807) is 17.5 Å². The van der Waals surface area contributed by atoms with Crippen LogP contribution in [0.2, 0.25) is 0 Å². The number of hydrogen-bond acceptors (Lipinski definition) is 4. The number of nitrogen functional groups attached to an aromatic ring is 1. The SMILES string of the molecule is CCC(NCc1sccc1N)c1ncc[nH]1. The molecule has 4 N–H and O–H groups in total. The fraction of sp³-hybridized carbons (Fsp3) is 0.364. The average molecular weight is 236 g/mol. The first-order valence-electron chi connectivity index (χ1n) is 5.35. The predicted molar refractivity (Wildman–Crippen MR) is 67.2 cm³/mol. The number of aromatic nitrogens is 2. The van der Waals surface area contributed by atoms with Gasteiger partial charge in [0, 0.05) is 29.5 Å². The van der Waals surface area contributed by atoms with E-state index in [9.17, 15) is 0 Å². The third kappa shape index (κ3) is 2.43. The van der Waals surface area contributed by atoms with E-state index in [1.165, 1.54) is 4.88 Å². The number of H-pyrrole nitrogens is 1. The van der Waals surface area contributed by atoms with Crippen LogP contribution in [0.1, 0.15) is 30.1 Å². The summed E-state index contributed by atoms with van der Waals surface area (Å²) in [5.74, 6) is 0.984. The number of anilines is 1. The van der Waals surface area contributed by atoms with E-state index < -0.39 is 0 Å². The fourth-order valence-electron chi connectivity index (χ4n) is 1.61. The lowest BCUT2D eigenvalue weighted by atomic mass is 10.2. The van der Waals surface area contributed by atoms with Gasteiger partial charge in [0.2, 0.25) is 0 Å². The number of nitrogens with two attached hydrogens (primary N) is 1. The maximum Gasteiger partial charge on any atom is 0.123 e. The van der Waals surface area contributed by atoms with Crippen LogP contribution < -0.4 is 11.1 Å². The van der Waals surface area contributed by atoms with Crippen LogP contribution in [0.15, 0.2) is 23.8 Å². The Labute approximate surface area is 98.9 Å². The van der Waals surface area contributed by atoms with Crippen molar-refractivity contribution in [2.24, 2.45) is 0 Å². The molecule has 0 fully saturated rings. The Morgan fingerprint density at radius 2 is 2.50 bits per heavy atom. The summed E-state index contributed by atoms with van der Waals surface area (Å²) in [4.78, 5) is 8.58. The first-order valence-corrected chi connectivity index (χ1v) is 6.23. The minimum atomic E-state index is 0.261. The van der Waals surface area contributed by atoms with Gasteiger partial charge in [0.05, 0.1) is 6.04 Å². The molecular formula is C11H16N4S. The normalized spacial score (nSPS) is 12.8. The molecule has 0 aliphatic carbocycles. The molecule has 2 aromatic rings. The van der Waals surface area contributed by atoms with Gasteiger partial charge < -0.3 is 16.0 Å². The Hall–Kier alpha value is -1.33. The van der Waals surface area contributed by atoms with E-state index in [2.05, 4.69) is 22.2 Å². The molecule has 2 aromatic heterocycles. The Morgan fingerprint density at radius 3 is 3.06 bits per heavy atom.